The van der Waals surface area contributed by atoms with Gasteiger partial charge < -0.3 is 4.98 Å². The van der Waals surface area contributed by atoms with Gasteiger partial charge in [-0.3, -0.25) is 4.79 Å². The van der Waals surface area contributed by atoms with Crippen LogP contribution in [-0.2, 0) is 0 Å². The number of Topliss-reactive ketones (excluding diaryl/α,β-unsaturated/α-hetero) is 1. The van der Waals surface area contributed by atoms with Gasteiger partial charge in [-0.1, -0.05) is 20.8 Å². The van der Waals surface area contributed by atoms with E-state index in [9.17, 15) is 4.79 Å². The molecular weight excluding hydrogens is 152 g/mol. The first-order valence-electron chi connectivity index (χ1n) is 4.15. The summed E-state index contributed by atoms with van der Waals surface area (Å²) in [7, 11) is 0. The van der Waals surface area contributed by atoms with Gasteiger partial charge in [-0.05, 0) is 5.92 Å². The zero-order valence-corrected chi connectivity index (χ0v) is 7.66. The number of hydrogen-bond acceptors (Lipinski definition) is 2. The first-order chi connectivity index (χ1) is 5.63. The van der Waals surface area contributed by atoms with Gasteiger partial charge in [-0.25, -0.2) is 4.98 Å². The number of nitrogens with one attached hydrogen (secondary N) is 1. The van der Waals surface area contributed by atoms with E-state index in [1.807, 2.05) is 20.8 Å². The van der Waals surface area contributed by atoms with Crippen LogP contribution in [0.4, 0.5) is 0 Å². The Hall–Kier alpha value is -1.12. The highest BCUT2D eigenvalue weighted by atomic mass is 16.1. The summed E-state index contributed by atoms with van der Waals surface area (Å²) in [6.45, 7) is 6.02. The second-order valence-corrected chi connectivity index (χ2v) is 3.36. The second kappa shape index (κ2) is 3.52. The summed E-state index contributed by atoms with van der Waals surface area (Å²) in [6.07, 6.45) is 3.10. The van der Waals surface area contributed by atoms with Crippen molar-refractivity contribution in [3.8, 4) is 0 Å². The van der Waals surface area contributed by atoms with Crippen LogP contribution in [0.2, 0.25) is 0 Å². The molecule has 0 aliphatic heterocycles. The minimum atomic E-state index is 0.0606. The normalized spacial score (nSPS) is 13.3. The molecule has 12 heavy (non-hydrogen) atoms. The van der Waals surface area contributed by atoms with Crippen LogP contribution in [0.5, 0.6) is 0 Å². The quantitative estimate of drug-likeness (QED) is 0.697. The Morgan fingerprint density at radius 2 is 2.17 bits per heavy atom. The molecule has 0 aliphatic carbocycles. The van der Waals surface area contributed by atoms with Crippen LogP contribution in [0.3, 0.4) is 0 Å². The highest BCUT2D eigenvalue weighted by Crippen LogP contribution is 2.14. The van der Waals surface area contributed by atoms with Gasteiger partial charge >= 0.3 is 0 Å². The van der Waals surface area contributed by atoms with Crippen molar-refractivity contribution in [1.29, 1.82) is 0 Å². The maximum absolute atomic E-state index is 11.6. The van der Waals surface area contributed by atoms with Gasteiger partial charge in [-0.2, -0.15) is 0 Å². The summed E-state index contributed by atoms with van der Waals surface area (Å²) in [5.74, 6) is 0.578. The fourth-order valence-electron chi connectivity index (χ4n) is 0.939. The van der Waals surface area contributed by atoms with Gasteiger partial charge in [0.2, 0.25) is 0 Å². The molecule has 0 radical (unpaired) electrons. The number of nitrogens with zero attached hydrogens (tertiary/aromatic N) is 1. The molecule has 3 nitrogen and oxygen atoms in total. The molecule has 3 heteroatoms. The van der Waals surface area contributed by atoms with E-state index in [0.717, 1.165) is 0 Å². The molecule has 0 saturated carbocycles. The Bertz CT molecular complexity index is 252. The second-order valence-electron chi connectivity index (χ2n) is 3.36. The summed E-state index contributed by atoms with van der Waals surface area (Å²) >= 11 is 0. The first kappa shape index (κ1) is 8.97. The maximum Gasteiger partial charge on any atom is 0.183 e. The zero-order valence-electron chi connectivity index (χ0n) is 7.66. The van der Waals surface area contributed by atoms with Crippen LogP contribution in [-0.4, -0.2) is 15.8 Å². The predicted molar refractivity (Wildman–Crippen MR) is 46.9 cm³/mol. The summed E-state index contributed by atoms with van der Waals surface area (Å²) < 4.78 is 0. The smallest absolute Gasteiger partial charge is 0.183 e. The number of carbonyl (C=O) groups is 1. The molecule has 0 fully saturated rings. The van der Waals surface area contributed by atoms with Crippen LogP contribution < -0.4 is 0 Å². The molecule has 66 valence electrons. The monoisotopic (exact) mass is 166 g/mol. The molecule has 0 spiro atoms. The molecule has 0 bridgehead atoms. The van der Waals surface area contributed by atoms with Gasteiger partial charge in [0, 0.05) is 5.92 Å². The molecule has 1 N–H and O–H groups in total. The maximum atomic E-state index is 11.6. The molecule has 1 aromatic rings. The Morgan fingerprint density at radius 1 is 1.50 bits per heavy atom. The zero-order chi connectivity index (χ0) is 9.14. The molecule has 1 unspecified atom stereocenters. The molecular formula is C9H14N2O. The third kappa shape index (κ3) is 1.72. The standard InChI is InChI=1S/C9H14N2O/c1-6(2)7(3)9(12)8-4-10-5-11-8/h4-7H,1-3H3,(H,10,11). The van der Waals surface area contributed by atoms with Gasteiger partial charge in [-0.15, -0.1) is 0 Å². The summed E-state index contributed by atoms with van der Waals surface area (Å²) in [4.78, 5) is 18.2. The minimum absolute atomic E-state index is 0.0606. The number of H-pyrrole nitrogens is 1. The van der Waals surface area contributed by atoms with Gasteiger partial charge in [0.05, 0.1) is 12.5 Å². The molecule has 0 amide bonds. The van der Waals surface area contributed by atoms with Crippen molar-refractivity contribution < 1.29 is 4.79 Å². The van der Waals surface area contributed by atoms with Crippen LogP contribution in [0.25, 0.3) is 0 Å². The van der Waals surface area contributed by atoms with Crippen molar-refractivity contribution in [2.75, 3.05) is 0 Å². The largest absolute Gasteiger partial charge is 0.342 e. The van der Waals surface area contributed by atoms with Crippen LogP contribution >= 0.6 is 0 Å². The molecule has 1 atom stereocenters. The fourth-order valence-corrected chi connectivity index (χ4v) is 0.939. The average Bonchev–Trinajstić information content (AvgIpc) is 2.53. The molecule has 0 aromatic carbocycles. The van der Waals surface area contributed by atoms with E-state index in [-0.39, 0.29) is 11.7 Å². The van der Waals surface area contributed by atoms with Crippen molar-refractivity contribution >= 4 is 5.78 Å². The van der Waals surface area contributed by atoms with Crippen molar-refractivity contribution in [2.24, 2.45) is 11.8 Å². The van der Waals surface area contributed by atoms with Crippen molar-refractivity contribution in [2.45, 2.75) is 20.8 Å². The number of ketones is 1. The third-order valence-electron chi connectivity index (χ3n) is 2.18. The van der Waals surface area contributed by atoms with E-state index in [2.05, 4.69) is 9.97 Å². The Labute approximate surface area is 72.2 Å². The Balaban J connectivity index is 2.72. The first-order valence-corrected chi connectivity index (χ1v) is 4.15. The lowest BCUT2D eigenvalue weighted by Gasteiger charge is -2.12. The van der Waals surface area contributed by atoms with E-state index < -0.39 is 0 Å². The Kier molecular flexibility index (Phi) is 2.63. The number of rotatable bonds is 3. The highest BCUT2D eigenvalue weighted by molar-refractivity contribution is 5.95. The van der Waals surface area contributed by atoms with Crippen molar-refractivity contribution in [1.82, 2.24) is 9.97 Å². The van der Waals surface area contributed by atoms with Gasteiger partial charge in [0.1, 0.15) is 5.69 Å². The van der Waals surface area contributed by atoms with E-state index in [4.69, 9.17) is 0 Å². The molecule has 1 aromatic heterocycles. The van der Waals surface area contributed by atoms with Crippen LogP contribution in [0, 0.1) is 11.8 Å². The minimum Gasteiger partial charge on any atom is -0.342 e. The number of aromatic nitrogens is 2. The van der Waals surface area contributed by atoms with E-state index in [1.165, 1.54) is 6.33 Å². The summed E-state index contributed by atoms with van der Waals surface area (Å²) in [5.41, 5.74) is 0.608. The number of carbonyl (C=O) groups excluding carboxylic acids is 1. The van der Waals surface area contributed by atoms with Crippen molar-refractivity contribution in [3.05, 3.63) is 18.2 Å². The van der Waals surface area contributed by atoms with Gasteiger partial charge in [0.15, 0.2) is 5.78 Å². The average molecular weight is 166 g/mol. The molecule has 1 rings (SSSR count). The lowest BCUT2D eigenvalue weighted by molar-refractivity contribution is 0.0895. The topological polar surface area (TPSA) is 45.8 Å². The third-order valence-corrected chi connectivity index (χ3v) is 2.18. The lowest BCUT2D eigenvalue weighted by atomic mass is 9.92. The predicted octanol–water partition coefficient (Wildman–Crippen LogP) is 1.88. The lowest BCUT2D eigenvalue weighted by Crippen LogP contribution is -2.17. The van der Waals surface area contributed by atoms with E-state index in [0.29, 0.717) is 11.6 Å². The van der Waals surface area contributed by atoms with Gasteiger partial charge in [0.25, 0.3) is 0 Å². The number of aromatic amines is 1. The van der Waals surface area contributed by atoms with Crippen LogP contribution in [0.15, 0.2) is 12.5 Å². The highest BCUT2D eigenvalue weighted by Gasteiger charge is 2.18. The Morgan fingerprint density at radius 3 is 2.58 bits per heavy atom. The fraction of sp³-hybridized carbons (Fsp3) is 0.556. The van der Waals surface area contributed by atoms with Crippen LogP contribution in [0.1, 0.15) is 31.3 Å². The number of imidazole rings is 1. The summed E-state index contributed by atoms with van der Waals surface area (Å²) in [6, 6.07) is 0. The molecule has 1 heterocycles. The molecule has 0 saturated heterocycles. The summed E-state index contributed by atoms with van der Waals surface area (Å²) in [5, 5.41) is 0. The molecule has 0 aliphatic rings. The SMILES string of the molecule is CC(C)C(C)C(=O)c1cnc[nH]1. The van der Waals surface area contributed by atoms with E-state index in [1.54, 1.807) is 6.20 Å². The number of hydrogen-bond donors (Lipinski definition) is 1. The van der Waals surface area contributed by atoms with Crippen molar-refractivity contribution in [3.63, 3.8) is 0 Å². The van der Waals surface area contributed by atoms with E-state index >= 15 is 0 Å².